The van der Waals surface area contributed by atoms with Gasteiger partial charge in [-0.3, -0.25) is 0 Å². The molecule has 0 atom stereocenters. The second kappa shape index (κ2) is 6.94. The van der Waals surface area contributed by atoms with Gasteiger partial charge in [-0.1, -0.05) is 13.0 Å². The molecule has 0 saturated carbocycles. The van der Waals surface area contributed by atoms with Gasteiger partial charge in [-0.05, 0) is 43.4 Å². The number of aryl methyl sites for hydroxylation is 1. The van der Waals surface area contributed by atoms with Gasteiger partial charge in [-0.2, -0.15) is 0 Å². The first-order valence-electron chi connectivity index (χ1n) is 9.21. The van der Waals surface area contributed by atoms with Crippen LogP contribution in [0.3, 0.4) is 0 Å². The van der Waals surface area contributed by atoms with Gasteiger partial charge in [0, 0.05) is 13.1 Å². The summed E-state index contributed by atoms with van der Waals surface area (Å²) in [4.78, 5) is 16.2. The molecular formula is C20H25N5O. The van der Waals surface area contributed by atoms with Gasteiger partial charge in [0.15, 0.2) is 5.75 Å². The molecular weight excluding hydrogens is 326 g/mol. The van der Waals surface area contributed by atoms with Gasteiger partial charge in [0.2, 0.25) is 5.95 Å². The van der Waals surface area contributed by atoms with E-state index in [9.17, 15) is 0 Å². The van der Waals surface area contributed by atoms with Crippen LogP contribution in [0, 0.1) is 12.8 Å². The number of imidazole rings is 1. The number of anilines is 1. The van der Waals surface area contributed by atoms with Crippen molar-refractivity contribution in [3.63, 3.8) is 0 Å². The number of nitrogens with zero attached hydrogens (tertiary/aromatic N) is 5. The molecule has 6 nitrogen and oxygen atoms in total. The van der Waals surface area contributed by atoms with E-state index in [1.165, 1.54) is 18.4 Å². The summed E-state index contributed by atoms with van der Waals surface area (Å²) in [7, 11) is 1.62. The number of methoxy groups -OCH3 is 1. The monoisotopic (exact) mass is 351 g/mol. The topological polar surface area (TPSA) is 56.1 Å². The lowest BCUT2D eigenvalue weighted by Crippen LogP contribution is -2.35. The van der Waals surface area contributed by atoms with Crippen LogP contribution in [-0.2, 0) is 6.54 Å². The van der Waals surface area contributed by atoms with Crippen LogP contribution in [0.5, 0.6) is 5.75 Å². The maximum absolute atomic E-state index is 5.17. The molecule has 0 aliphatic carbocycles. The van der Waals surface area contributed by atoms with E-state index < -0.39 is 0 Å². The lowest BCUT2D eigenvalue weighted by atomic mass is 10.00. The second-order valence-corrected chi connectivity index (χ2v) is 7.20. The minimum absolute atomic E-state index is 0.603. The molecule has 0 unspecified atom stereocenters. The fraction of sp³-hybridized carbons (Fsp3) is 0.450. The number of hydrogen-bond acceptors (Lipinski definition) is 5. The molecule has 1 fully saturated rings. The smallest absolute Gasteiger partial charge is 0.206 e. The number of fused-ring (bicyclic) bond motifs is 1. The highest BCUT2D eigenvalue weighted by Gasteiger charge is 2.22. The Kier molecular flexibility index (Phi) is 4.49. The van der Waals surface area contributed by atoms with Crippen molar-refractivity contribution in [3.8, 4) is 5.75 Å². The molecule has 3 heterocycles. The lowest BCUT2D eigenvalue weighted by molar-refractivity contribution is 0.409. The van der Waals surface area contributed by atoms with Crippen LogP contribution in [0.1, 0.15) is 31.2 Å². The van der Waals surface area contributed by atoms with Crippen LogP contribution >= 0.6 is 0 Å². The second-order valence-electron chi connectivity index (χ2n) is 7.20. The van der Waals surface area contributed by atoms with Crippen molar-refractivity contribution in [3.05, 3.63) is 42.0 Å². The van der Waals surface area contributed by atoms with Crippen molar-refractivity contribution < 1.29 is 4.74 Å². The normalized spacial score (nSPS) is 15.6. The zero-order valence-electron chi connectivity index (χ0n) is 15.6. The Balaban J connectivity index is 1.74. The van der Waals surface area contributed by atoms with Crippen molar-refractivity contribution in [1.82, 2.24) is 19.5 Å². The van der Waals surface area contributed by atoms with Crippen LogP contribution < -0.4 is 9.64 Å². The third kappa shape index (κ3) is 3.23. The Hall–Kier alpha value is -2.63. The highest BCUT2D eigenvalue weighted by atomic mass is 16.5. The minimum Gasteiger partial charge on any atom is -0.494 e. The number of rotatable bonds is 4. The maximum Gasteiger partial charge on any atom is 0.206 e. The first-order valence-corrected chi connectivity index (χ1v) is 9.21. The van der Waals surface area contributed by atoms with Crippen molar-refractivity contribution in [2.24, 2.45) is 5.92 Å². The number of piperidine rings is 1. The molecule has 6 heteroatoms. The van der Waals surface area contributed by atoms with Gasteiger partial charge < -0.3 is 14.2 Å². The molecule has 1 aromatic carbocycles. The Morgan fingerprint density at radius 1 is 1.15 bits per heavy atom. The average Bonchev–Trinajstić information content (AvgIpc) is 3.01. The van der Waals surface area contributed by atoms with E-state index in [1.54, 1.807) is 19.5 Å². The number of benzene rings is 1. The van der Waals surface area contributed by atoms with Crippen molar-refractivity contribution >= 4 is 17.0 Å². The van der Waals surface area contributed by atoms with Gasteiger partial charge in [-0.15, -0.1) is 0 Å². The minimum atomic E-state index is 0.603. The molecule has 26 heavy (non-hydrogen) atoms. The van der Waals surface area contributed by atoms with E-state index >= 15 is 0 Å². The molecule has 0 N–H and O–H groups in total. The highest BCUT2D eigenvalue weighted by Crippen LogP contribution is 2.28. The third-order valence-corrected chi connectivity index (χ3v) is 5.17. The Morgan fingerprint density at radius 3 is 2.58 bits per heavy atom. The van der Waals surface area contributed by atoms with Crippen LogP contribution in [0.25, 0.3) is 11.0 Å². The number of hydrogen-bond donors (Lipinski definition) is 0. The number of ether oxygens (including phenoxy) is 1. The molecule has 1 saturated heterocycles. The summed E-state index contributed by atoms with van der Waals surface area (Å²) in [6, 6.07) is 6.42. The fourth-order valence-electron chi connectivity index (χ4n) is 3.50. The molecule has 2 aromatic heterocycles. The Bertz CT molecular complexity index is 894. The quantitative estimate of drug-likeness (QED) is 0.721. The molecule has 0 radical (unpaired) electrons. The van der Waals surface area contributed by atoms with E-state index in [-0.39, 0.29) is 0 Å². The van der Waals surface area contributed by atoms with Gasteiger partial charge in [0.05, 0.1) is 37.1 Å². The van der Waals surface area contributed by atoms with Gasteiger partial charge in [0.1, 0.15) is 5.82 Å². The third-order valence-electron chi connectivity index (χ3n) is 5.17. The predicted octanol–water partition coefficient (Wildman–Crippen LogP) is 3.43. The van der Waals surface area contributed by atoms with Gasteiger partial charge in [-0.25, -0.2) is 15.0 Å². The Labute approximate surface area is 153 Å². The molecule has 3 aromatic rings. The van der Waals surface area contributed by atoms with Gasteiger partial charge in [0.25, 0.3) is 0 Å². The summed E-state index contributed by atoms with van der Waals surface area (Å²) in [6.45, 7) is 7.14. The van der Waals surface area contributed by atoms with E-state index in [0.717, 1.165) is 41.8 Å². The molecule has 0 amide bonds. The van der Waals surface area contributed by atoms with E-state index in [2.05, 4.69) is 51.5 Å². The largest absolute Gasteiger partial charge is 0.494 e. The van der Waals surface area contributed by atoms with Crippen LogP contribution in [0.4, 0.5) is 5.95 Å². The van der Waals surface area contributed by atoms with Crippen LogP contribution in [0.15, 0.2) is 30.6 Å². The summed E-state index contributed by atoms with van der Waals surface area (Å²) in [5.74, 6) is 3.25. The molecule has 0 spiro atoms. The standard InChI is InChI=1S/C20H25N5O/c1-14-6-8-24(9-7-14)20-23-17-5-4-15(2)10-18(17)25(20)13-19-21-11-16(26-3)12-22-19/h4-5,10-12,14H,6-9,13H2,1-3H3. The van der Waals surface area contributed by atoms with Crippen molar-refractivity contribution in [1.29, 1.82) is 0 Å². The highest BCUT2D eigenvalue weighted by molar-refractivity contribution is 5.79. The zero-order valence-corrected chi connectivity index (χ0v) is 15.6. The summed E-state index contributed by atoms with van der Waals surface area (Å²) in [6.07, 6.45) is 5.85. The summed E-state index contributed by atoms with van der Waals surface area (Å²) < 4.78 is 7.42. The SMILES string of the molecule is COc1cnc(Cn2c(N3CCC(C)CC3)nc3ccc(C)cc32)nc1. The summed E-state index contributed by atoms with van der Waals surface area (Å²) in [5, 5.41) is 0. The molecule has 1 aliphatic heterocycles. The van der Waals surface area contributed by atoms with Crippen molar-refractivity contribution in [2.45, 2.75) is 33.2 Å². The maximum atomic E-state index is 5.17. The van der Waals surface area contributed by atoms with E-state index in [4.69, 9.17) is 9.72 Å². The fourth-order valence-corrected chi connectivity index (χ4v) is 3.50. The van der Waals surface area contributed by atoms with Crippen LogP contribution in [-0.4, -0.2) is 39.7 Å². The lowest BCUT2D eigenvalue weighted by Gasteiger charge is -2.31. The molecule has 0 bridgehead atoms. The van der Waals surface area contributed by atoms with E-state index in [0.29, 0.717) is 12.3 Å². The van der Waals surface area contributed by atoms with Crippen molar-refractivity contribution in [2.75, 3.05) is 25.1 Å². The molecule has 1 aliphatic rings. The average molecular weight is 351 g/mol. The Morgan fingerprint density at radius 2 is 1.88 bits per heavy atom. The molecule has 4 rings (SSSR count). The zero-order chi connectivity index (χ0) is 18.1. The first-order chi connectivity index (χ1) is 12.6. The first kappa shape index (κ1) is 16.8. The van der Waals surface area contributed by atoms with Crippen LogP contribution in [0.2, 0.25) is 0 Å². The number of aromatic nitrogens is 4. The van der Waals surface area contributed by atoms with Gasteiger partial charge >= 0.3 is 0 Å². The summed E-state index contributed by atoms with van der Waals surface area (Å²) in [5.41, 5.74) is 3.39. The predicted molar refractivity (Wildman–Crippen MR) is 103 cm³/mol. The summed E-state index contributed by atoms with van der Waals surface area (Å²) >= 11 is 0. The van der Waals surface area contributed by atoms with E-state index in [1.807, 2.05) is 0 Å². The molecule has 136 valence electrons.